The van der Waals surface area contributed by atoms with Crippen LogP contribution in [-0.2, 0) is 9.98 Å². The van der Waals surface area contributed by atoms with Crippen LogP contribution in [0.3, 0.4) is 0 Å². The van der Waals surface area contributed by atoms with Crippen LogP contribution in [0.2, 0.25) is 0 Å². The normalized spacial score (nSPS) is 12.4. The molecule has 2 N–H and O–H groups in total. The number of benzene rings is 2. The molecule has 0 aliphatic rings. The van der Waals surface area contributed by atoms with E-state index in [-0.39, 0.29) is 27.8 Å². The van der Waals surface area contributed by atoms with Crippen LogP contribution < -0.4 is 14.8 Å². The molecule has 0 spiro atoms. The smallest absolute Gasteiger partial charge is 0.356 e. The maximum absolute atomic E-state index is 11.8. The molecule has 28 heavy (non-hydrogen) atoms. The molecule has 0 aromatic heterocycles. The first-order valence-corrected chi connectivity index (χ1v) is 10.4. The van der Waals surface area contributed by atoms with Crippen LogP contribution in [0.15, 0.2) is 36.4 Å². The zero-order valence-electron chi connectivity index (χ0n) is 17.0. The molecule has 2 rings (SSSR count). The van der Waals surface area contributed by atoms with Crippen LogP contribution in [0.4, 0.5) is 0 Å². The molecular weight excluding hydrogens is 377 g/mol. The molecule has 0 unspecified atom stereocenters. The van der Waals surface area contributed by atoms with E-state index in [2.05, 4.69) is 6.07 Å². The molecule has 0 bridgehead atoms. The quantitative estimate of drug-likeness (QED) is 0.722. The maximum Gasteiger partial charge on any atom is 0.356 e. The van der Waals surface area contributed by atoms with Crippen LogP contribution in [0.5, 0.6) is 17.2 Å². The van der Waals surface area contributed by atoms with E-state index in [9.17, 15) is 19.6 Å². The van der Waals surface area contributed by atoms with Crippen molar-refractivity contribution in [2.75, 3.05) is 0 Å². The molecule has 0 saturated carbocycles. The lowest BCUT2D eigenvalue weighted by Crippen LogP contribution is -2.23. The molecule has 0 heterocycles. The van der Waals surface area contributed by atoms with Crippen molar-refractivity contribution in [3.05, 3.63) is 47.5 Å². The van der Waals surface area contributed by atoms with Crippen molar-refractivity contribution < 1.29 is 23.8 Å². The molecule has 0 aliphatic heterocycles. The van der Waals surface area contributed by atoms with Gasteiger partial charge in [-0.15, -0.1) is 0 Å². The lowest BCUT2D eigenvalue weighted by atomic mass is 9.87. The van der Waals surface area contributed by atoms with E-state index in [4.69, 9.17) is 9.47 Å². The predicted octanol–water partition coefficient (Wildman–Crippen LogP) is 4.63. The number of rotatable bonds is 4. The van der Waals surface area contributed by atoms with Gasteiger partial charge in [0.05, 0.1) is 5.30 Å². The minimum atomic E-state index is -4.47. The summed E-state index contributed by atoms with van der Waals surface area (Å²) in [6.07, 6.45) is 0. The minimum absolute atomic E-state index is 0.129. The minimum Gasteiger partial charge on any atom is -0.487 e. The van der Waals surface area contributed by atoms with Gasteiger partial charge in [-0.05, 0) is 62.1 Å². The highest BCUT2D eigenvalue weighted by Gasteiger charge is 2.24. The molecule has 0 atom stereocenters. The third-order valence-electron chi connectivity index (χ3n) is 3.84. The summed E-state index contributed by atoms with van der Waals surface area (Å²) in [5.74, 6) is 0.886. The first-order valence-electron chi connectivity index (χ1n) is 8.82. The standard InChI is InChI=1S/C21H26NO5P/c1-20(2,3)14-10-15(12-16(11-14)28(23,24)25)26-18-8-7-9-19(17(18)13-22)27-21(4,5)6/h7-12H,1-6H3,(H2,23,24,25). The molecule has 2 aromatic rings. The Balaban J connectivity index is 2.55. The van der Waals surface area contributed by atoms with E-state index in [0.717, 1.165) is 0 Å². The monoisotopic (exact) mass is 403 g/mol. The Labute approximate surface area is 165 Å². The number of ether oxygens (including phenoxy) is 2. The first kappa shape index (κ1) is 22.0. The van der Waals surface area contributed by atoms with E-state index in [1.54, 1.807) is 24.3 Å². The van der Waals surface area contributed by atoms with Crippen molar-refractivity contribution in [3.8, 4) is 23.3 Å². The zero-order chi connectivity index (χ0) is 21.3. The second kappa shape index (κ2) is 7.60. The predicted molar refractivity (Wildman–Crippen MR) is 108 cm³/mol. The fourth-order valence-corrected chi connectivity index (χ4v) is 3.09. The van der Waals surface area contributed by atoms with E-state index in [0.29, 0.717) is 11.3 Å². The lowest BCUT2D eigenvalue weighted by Gasteiger charge is -2.23. The summed E-state index contributed by atoms with van der Waals surface area (Å²) in [6, 6.07) is 11.6. The van der Waals surface area contributed by atoms with Crippen LogP contribution >= 0.6 is 7.60 Å². The van der Waals surface area contributed by atoms with Gasteiger partial charge in [0.25, 0.3) is 0 Å². The van der Waals surface area contributed by atoms with Crippen LogP contribution in [0.25, 0.3) is 0 Å². The molecular formula is C21H26NO5P. The fourth-order valence-electron chi connectivity index (χ4n) is 2.49. The summed E-state index contributed by atoms with van der Waals surface area (Å²) in [7, 11) is -4.47. The molecule has 0 aliphatic carbocycles. The molecule has 6 nitrogen and oxygen atoms in total. The molecule has 150 valence electrons. The third kappa shape index (κ3) is 5.59. The summed E-state index contributed by atoms with van der Waals surface area (Å²) in [4.78, 5) is 19.3. The zero-order valence-corrected chi connectivity index (χ0v) is 17.9. The Hall–Kier alpha value is -2.32. The Morgan fingerprint density at radius 3 is 2.11 bits per heavy atom. The molecule has 2 aromatic carbocycles. The van der Waals surface area contributed by atoms with Crippen molar-refractivity contribution in [2.24, 2.45) is 0 Å². The highest BCUT2D eigenvalue weighted by molar-refractivity contribution is 7.60. The van der Waals surface area contributed by atoms with Gasteiger partial charge in [0, 0.05) is 0 Å². The summed E-state index contributed by atoms with van der Waals surface area (Å²) in [6.45, 7) is 11.4. The average molecular weight is 403 g/mol. The summed E-state index contributed by atoms with van der Waals surface area (Å²) in [5.41, 5.74) is 0.0860. The molecule has 0 saturated heterocycles. The van der Waals surface area contributed by atoms with Gasteiger partial charge < -0.3 is 19.3 Å². The number of nitriles is 1. The Bertz CT molecular complexity index is 958. The summed E-state index contributed by atoms with van der Waals surface area (Å²) >= 11 is 0. The molecule has 0 radical (unpaired) electrons. The highest BCUT2D eigenvalue weighted by Crippen LogP contribution is 2.39. The van der Waals surface area contributed by atoms with Crippen LogP contribution in [0.1, 0.15) is 52.7 Å². The van der Waals surface area contributed by atoms with Gasteiger partial charge in [-0.3, -0.25) is 4.57 Å². The van der Waals surface area contributed by atoms with Gasteiger partial charge >= 0.3 is 7.60 Å². The second-order valence-corrected chi connectivity index (χ2v) is 10.2. The fraction of sp³-hybridized carbons (Fsp3) is 0.381. The van der Waals surface area contributed by atoms with Gasteiger partial charge in [0.15, 0.2) is 0 Å². The second-order valence-electron chi connectivity index (χ2n) is 8.57. The van der Waals surface area contributed by atoms with E-state index < -0.39 is 13.2 Å². The van der Waals surface area contributed by atoms with Crippen molar-refractivity contribution in [2.45, 2.75) is 52.6 Å². The molecule has 0 fully saturated rings. The topological polar surface area (TPSA) is 99.8 Å². The maximum atomic E-state index is 11.8. The Kier molecular flexibility index (Phi) is 5.96. The SMILES string of the molecule is CC(C)(C)Oc1cccc(Oc2cc(C(C)(C)C)cc(P(=O)(O)O)c2)c1C#N. The number of hydrogen-bond donors (Lipinski definition) is 2. The average Bonchev–Trinajstić information content (AvgIpc) is 2.51. The van der Waals surface area contributed by atoms with Crippen molar-refractivity contribution in [3.63, 3.8) is 0 Å². The van der Waals surface area contributed by atoms with Crippen LogP contribution in [-0.4, -0.2) is 15.4 Å². The van der Waals surface area contributed by atoms with E-state index >= 15 is 0 Å². The van der Waals surface area contributed by atoms with Gasteiger partial charge in [-0.1, -0.05) is 26.8 Å². The number of nitrogens with zero attached hydrogens (tertiary/aromatic N) is 1. The van der Waals surface area contributed by atoms with Gasteiger partial charge in [-0.25, -0.2) is 0 Å². The van der Waals surface area contributed by atoms with E-state index in [1.807, 2.05) is 41.5 Å². The highest BCUT2D eigenvalue weighted by atomic mass is 31.2. The van der Waals surface area contributed by atoms with Crippen molar-refractivity contribution >= 4 is 12.9 Å². The Morgan fingerprint density at radius 1 is 1.00 bits per heavy atom. The molecule has 7 heteroatoms. The van der Waals surface area contributed by atoms with E-state index in [1.165, 1.54) is 12.1 Å². The lowest BCUT2D eigenvalue weighted by molar-refractivity contribution is 0.130. The van der Waals surface area contributed by atoms with Gasteiger partial charge in [0.1, 0.15) is 34.5 Å². The van der Waals surface area contributed by atoms with Crippen molar-refractivity contribution in [1.82, 2.24) is 0 Å². The number of hydrogen-bond acceptors (Lipinski definition) is 4. The third-order valence-corrected chi connectivity index (χ3v) is 4.77. The largest absolute Gasteiger partial charge is 0.487 e. The first-order chi connectivity index (χ1) is 12.7. The van der Waals surface area contributed by atoms with Crippen LogP contribution in [0, 0.1) is 11.3 Å². The van der Waals surface area contributed by atoms with Gasteiger partial charge in [0.2, 0.25) is 0 Å². The summed E-state index contributed by atoms with van der Waals surface area (Å²) < 4.78 is 23.5. The van der Waals surface area contributed by atoms with Gasteiger partial charge in [-0.2, -0.15) is 5.26 Å². The molecule has 0 amide bonds. The Morgan fingerprint density at radius 2 is 1.61 bits per heavy atom. The van der Waals surface area contributed by atoms with Crippen molar-refractivity contribution in [1.29, 1.82) is 5.26 Å². The summed E-state index contributed by atoms with van der Waals surface area (Å²) in [5, 5.41) is 9.48.